The van der Waals surface area contributed by atoms with Gasteiger partial charge in [-0.25, -0.2) is 0 Å². The Bertz CT molecular complexity index is 3230. The van der Waals surface area contributed by atoms with Crippen molar-refractivity contribution >= 4 is 109 Å². The van der Waals surface area contributed by atoms with Crippen molar-refractivity contribution < 1.29 is 0 Å². The highest BCUT2D eigenvalue weighted by Crippen LogP contribution is 2.57. The Labute approximate surface area is 355 Å². The van der Waals surface area contributed by atoms with Crippen molar-refractivity contribution in [1.29, 1.82) is 0 Å². The van der Waals surface area contributed by atoms with Gasteiger partial charge in [0.15, 0.2) is 0 Å². The number of benzene rings is 4. The van der Waals surface area contributed by atoms with E-state index in [1.807, 2.05) is 45.3 Å². The lowest BCUT2D eigenvalue weighted by Crippen LogP contribution is -2.48. The van der Waals surface area contributed by atoms with Crippen LogP contribution in [-0.4, -0.2) is 25.6 Å². The van der Waals surface area contributed by atoms with Gasteiger partial charge in [-0.3, -0.25) is 0 Å². The second kappa shape index (κ2) is 12.5. The number of nitrogens with zero attached hydrogens (tertiary/aromatic N) is 4. The van der Waals surface area contributed by atoms with Crippen molar-refractivity contribution in [3.05, 3.63) is 131 Å². The second-order valence-electron chi connectivity index (χ2n) is 16.0. The highest BCUT2D eigenvalue weighted by Gasteiger charge is 2.42. The monoisotopic (exact) mass is 860 g/mol. The molecule has 57 heavy (non-hydrogen) atoms. The van der Waals surface area contributed by atoms with Gasteiger partial charge in [-0.2, -0.15) is 17.5 Å². The third-order valence-corrected chi connectivity index (χ3v) is 21.9. The minimum atomic E-state index is -1.82. The summed E-state index contributed by atoms with van der Waals surface area (Å²) in [5.74, 6) is 0. The van der Waals surface area contributed by atoms with E-state index in [2.05, 4.69) is 136 Å². The molecule has 0 spiro atoms. The first-order chi connectivity index (χ1) is 27.7. The summed E-state index contributed by atoms with van der Waals surface area (Å²) in [5.41, 5.74) is 14.0. The third-order valence-electron chi connectivity index (χ3n) is 12.0. The van der Waals surface area contributed by atoms with Crippen LogP contribution in [-0.2, 0) is 11.8 Å². The minimum absolute atomic E-state index is 0.0834. The average molecular weight is 861 g/mol. The summed E-state index contributed by atoms with van der Waals surface area (Å²) >= 11 is 10.4. The number of hydrogen-bond acceptors (Lipinski definition) is 10. The van der Waals surface area contributed by atoms with Crippen LogP contribution in [0.1, 0.15) is 35.4 Å². The zero-order valence-corrected chi connectivity index (χ0v) is 37.2. The van der Waals surface area contributed by atoms with Gasteiger partial charge in [0, 0.05) is 67.5 Å². The van der Waals surface area contributed by atoms with E-state index < -0.39 is 8.07 Å². The first-order valence-electron chi connectivity index (χ1n) is 18.9. The standard InChI is InChI=1S/C46H32N4S6Si/c1-46(2)31-20-27(51-42(31)43-32(46)21-34(53-43)30-18-17-28(24-11-7-5-8-12-24)39-41(30)50-56-48-39)19-26-15-16-29(40-38(26)47-55-49-40)35-23-37-45(54-35)44-36(57(37,3)4)22-33(52-44)25-13-9-6-10-14-25/h5-18,20-23H,19H2,1-4H3. The number of aromatic nitrogens is 4. The Morgan fingerprint density at radius 2 is 1.00 bits per heavy atom. The maximum atomic E-state index is 4.93. The lowest BCUT2D eigenvalue weighted by molar-refractivity contribution is 0.663. The van der Waals surface area contributed by atoms with Crippen molar-refractivity contribution in [3.63, 3.8) is 0 Å². The quantitative estimate of drug-likeness (QED) is 0.156. The number of hydrogen-bond donors (Lipinski definition) is 0. The van der Waals surface area contributed by atoms with Crippen LogP contribution in [0.5, 0.6) is 0 Å². The molecular weight excluding hydrogens is 829 g/mol. The van der Waals surface area contributed by atoms with E-state index in [4.69, 9.17) is 17.5 Å². The predicted octanol–water partition coefficient (Wildman–Crippen LogP) is 13.3. The van der Waals surface area contributed by atoms with E-state index in [0.717, 1.165) is 34.1 Å². The molecule has 0 atom stereocenters. The molecule has 7 heterocycles. The zero-order valence-electron chi connectivity index (χ0n) is 31.3. The van der Waals surface area contributed by atoms with E-state index in [0.29, 0.717) is 0 Å². The van der Waals surface area contributed by atoms with Crippen molar-refractivity contribution in [2.24, 2.45) is 0 Å². The summed E-state index contributed by atoms with van der Waals surface area (Å²) in [7, 11) is -1.82. The third kappa shape index (κ3) is 5.10. The van der Waals surface area contributed by atoms with Crippen LogP contribution in [0, 0.1) is 0 Å². The van der Waals surface area contributed by atoms with E-state index >= 15 is 0 Å². The minimum Gasteiger partial charge on any atom is -0.173 e. The highest BCUT2D eigenvalue weighted by atomic mass is 32.1. The molecule has 0 bridgehead atoms. The van der Waals surface area contributed by atoms with E-state index in [-0.39, 0.29) is 5.41 Å². The summed E-state index contributed by atoms with van der Waals surface area (Å²) in [6.07, 6.45) is 0.845. The van der Waals surface area contributed by atoms with Crippen molar-refractivity contribution in [2.45, 2.75) is 38.8 Å². The molecule has 1 aliphatic carbocycles. The molecule has 276 valence electrons. The molecule has 2 aliphatic rings. The molecule has 4 aromatic carbocycles. The Balaban J connectivity index is 0.869. The van der Waals surface area contributed by atoms with Gasteiger partial charge in [-0.15, -0.1) is 45.3 Å². The predicted molar refractivity (Wildman–Crippen MR) is 251 cm³/mol. The number of thiophene rings is 4. The summed E-state index contributed by atoms with van der Waals surface area (Å²) in [5, 5.41) is 3.14. The smallest absolute Gasteiger partial charge is 0.116 e. The van der Waals surface area contributed by atoms with Crippen molar-refractivity contribution in [1.82, 2.24) is 17.5 Å². The Morgan fingerprint density at radius 3 is 1.72 bits per heavy atom. The first-order valence-corrected chi connectivity index (χ1v) is 26.6. The molecule has 0 N–H and O–H groups in total. The van der Waals surface area contributed by atoms with Crippen LogP contribution in [0.2, 0.25) is 13.1 Å². The van der Waals surface area contributed by atoms with E-state index in [1.54, 1.807) is 10.4 Å². The Kier molecular flexibility index (Phi) is 7.59. The summed E-state index contributed by atoms with van der Waals surface area (Å²) < 4.78 is 19.4. The summed E-state index contributed by atoms with van der Waals surface area (Å²) in [6, 6.07) is 40.3. The molecule has 0 saturated carbocycles. The fourth-order valence-electron chi connectivity index (χ4n) is 8.90. The fourth-order valence-corrected chi connectivity index (χ4v) is 20.1. The molecule has 0 unspecified atom stereocenters. The van der Waals surface area contributed by atoms with Crippen LogP contribution in [0.4, 0.5) is 0 Å². The lowest BCUT2D eigenvalue weighted by atomic mass is 9.83. The molecule has 11 heteroatoms. The zero-order chi connectivity index (χ0) is 38.2. The van der Waals surface area contributed by atoms with Gasteiger partial charge in [-0.05, 0) is 62.5 Å². The molecule has 4 nitrogen and oxygen atoms in total. The molecule has 6 aromatic heterocycles. The lowest BCUT2D eigenvalue weighted by Gasteiger charge is -2.19. The van der Waals surface area contributed by atoms with Crippen molar-refractivity contribution in [3.8, 4) is 62.0 Å². The van der Waals surface area contributed by atoms with Gasteiger partial charge >= 0.3 is 0 Å². The van der Waals surface area contributed by atoms with Crippen LogP contribution in [0.15, 0.2) is 109 Å². The van der Waals surface area contributed by atoms with Crippen LogP contribution in [0.25, 0.3) is 84.0 Å². The van der Waals surface area contributed by atoms with E-state index in [9.17, 15) is 0 Å². The van der Waals surface area contributed by atoms with Gasteiger partial charge < -0.3 is 0 Å². The SMILES string of the molecule is CC1(C)c2cc(Cc3ccc(-c4cc5c(s4)-c4sc(-c6ccccc6)cc4[Si]5(C)C)c4nsnc34)sc2-c2sc(-c3ccc(-c4ccccc4)c4nsnc34)cc21. The van der Waals surface area contributed by atoms with Crippen molar-refractivity contribution in [2.75, 3.05) is 0 Å². The molecule has 10 aromatic rings. The van der Waals surface area contributed by atoms with Gasteiger partial charge in [0.05, 0.1) is 23.5 Å². The second-order valence-corrected chi connectivity index (χ2v) is 25.7. The summed E-state index contributed by atoms with van der Waals surface area (Å²) in [6.45, 7) is 9.78. The normalized spacial score (nSPS) is 14.7. The topological polar surface area (TPSA) is 51.6 Å². The summed E-state index contributed by atoms with van der Waals surface area (Å²) in [4.78, 5) is 11.1. The molecule has 0 saturated heterocycles. The van der Waals surface area contributed by atoms with E-state index in [1.165, 1.54) is 101 Å². The maximum Gasteiger partial charge on any atom is 0.116 e. The highest BCUT2D eigenvalue weighted by molar-refractivity contribution is 7.31. The fraction of sp³-hybridized carbons (Fsp3) is 0.130. The van der Waals surface area contributed by atoms with Crippen LogP contribution < -0.4 is 10.4 Å². The van der Waals surface area contributed by atoms with Crippen LogP contribution >= 0.6 is 68.8 Å². The molecule has 12 rings (SSSR count). The molecule has 0 radical (unpaired) electrons. The van der Waals surface area contributed by atoms with Gasteiger partial charge in [0.1, 0.15) is 30.1 Å². The largest absolute Gasteiger partial charge is 0.173 e. The molecule has 0 amide bonds. The molecular formula is C46H32N4S6Si. The first kappa shape index (κ1) is 34.6. The molecule has 1 aliphatic heterocycles. The van der Waals surface area contributed by atoms with Gasteiger partial charge in [-0.1, -0.05) is 112 Å². The number of rotatable bonds is 6. The number of fused-ring (bicyclic) bond motifs is 8. The average Bonchev–Trinajstić information content (AvgIpc) is 4.08. The van der Waals surface area contributed by atoms with Gasteiger partial charge in [0.25, 0.3) is 0 Å². The van der Waals surface area contributed by atoms with Crippen LogP contribution in [0.3, 0.4) is 0 Å². The maximum absolute atomic E-state index is 4.93. The van der Waals surface area contributed by atoms with Gasteiger partial charge in [0.2, 0.25) is 0 Å². The Hall–Kier alpha value is -4.46. The molecule has 0 fully saturated rings. The Morgan fingerprint density at radius 1 is 0.491 bits per heavy atom.